The third kappa shape index (κ3) is 2.65. The zero-order valence-corrected chi connectivity index (χ0v) is 11.1. The highest BCUT2D eigenvalue weighted by Gasteiger charge is 2.27. The van der Waals surface area contributed by atoms with Gasteiger partial charge < -0.3 is 10.1 Å². The average molecular weight is 239 g/mol. The Balaban J connectivity index is 1.89. The maximum absolute atomic E-state index is 5.56. The van der Waals surface area contributed by atoms with Gasteiger partial charge in [-0.05, 0) is 24.8 Å². The summed E-state index contributed by atoms with van der Waals surface area (Å²) in [4.78, 5) is 1.45. The van der Waals surface area contributed by atoms with Crippen LogP contribution in [0.4, 0.5) is 0 Å². The Hall–Kier alpha value is -0.380. The summed E-state index contributed by atoms with van der Waals surface area (Å²) in [6.45, 7) is 8.67. The number of hydrogen-bond donors (Lipinski definition) is 1. The SMILES string of the molecule is CC1OCCC1NCC(C)(C)c1cccs1. The van der Waals surface area contributed by atoms with Gasteiger partial charge in [-0.1, -0.05) is 19.9 Å². The van der Waals surface area contributed by atoms with Gasteiger partial charge in [0.1, 0.15) is 0 Å². The molecule has 1 aliphatic rings. The lowest BCUT2D eigenvalue weighted by atomic mass is 9.91. The predicted molar refractivity (Wildman–Crippen MR) is 69.2 cm³/mol. The molecule has 2 atom stereocenters. The molecule has 0 aromatic carbocycles. The second kappa shape index (κ2) is 4.86. The van der Waals surface area contributed by atoms with Crippen LogP contribution in [-0.2, 0) is 10.2 Å². The van der Waals surface area contributed by atoms with Crippen molar-refractivity contribution in [2.24, 2.45) is 0 Å². The van der Waals surface area contributed by atoms with Crippen LogP contribution in [0.2, 0.25) is 0 Å². The van der Waals surface area contributed by atoms with E-state index in [-0.39, 0.29) is 5.41 Å². The van der Waals surface area contributed by atoms with Gasteiger partial charge >= 0.3 is 0 Å². The Kier molecular flexibility index (Phi) is 3.67. The van der Waals surface area contributed by atoms with Gasteiger partial charge in [0, 0.05) is 29.5 Å². The van der Waals surface area contributed by atoms with Crippen LogP contribution < -0.4 is 5.32 Å². The van der Waals surface area contributed by atoms with Crippen LogP contribution in [0, 0.1) is 0 Å². The molecular weight excluding hydrogens is 218 g/mol. The molecule has 1 aromatic heterocycles. The molecule has 1 fully saturated rings. The van der Waals surface area contributed by atoms with Crippen molar-refractivity contribution in [3.05, 3.63) is 22.4 Å². The van der Waals surface area contributed by atoms with Gasteiger partial charge in [0.25, 0.3) is 0 Å². The fourth-order valence-electron chi connectivity index (χ4n) is 2.14. The van der Waals surface area contributed by atoms with E-state index in [1.165, 1.54) is 4.88 Å². The van der Waals surface area contributed by atoms with E-state index in [4.69, 9.17) is 4.74 Å². The maximum Gasteiger partial charge on any atom is 0.0700 e. The van der Waals surface area contributed by atoms with E-state index in [1.54, 1.807) is 0 Å². The first kappa shape index (κ1) is 12.1. The zero-order valence-electron chi connectivity index (χ0n) is 10.3. The molecule has 0 saturated carbocycles. The third-order valence-corrected chi connectivity index (χ3v) is 4.61. The van der Waals surface area contributed by atoms with Crippen molar-refractivity contribution in [1.29, 1.82) is 0 Å². The summed E-state index contributed by atoms with van der Waals surface area (Å²) in [5.41, 5.74) is 0.219. The number of ether oxygens (including phenoxy) is 1. The van der Waals surface area contributed by atoms with Crippen molar-refractivity contribution in [2.75, 3.05) is 13.2 Å². The van der Waals surface area contributed by atoms with Crippen molar-refractivity contribution in [3.63, 3.8) is 0 Å². The van der Waals surface area contributed by atoms with Crippen molar-refractivity contribution in [2.45, 2.75) is 44.8 Å². The van der Waals surface area contributed by atoms with Crippen molar-refractivity contribution >= 4 is 11.3 Å². The van der Waals surface area contributed by atoms with Gasteiger partial charge in [0.05, 0.1) is 6.10 Å². The molecule has 1 saturated heterocycles. The van der Waals surface area contributed by atoms with Crippen LogP contribution >= 0.6 is 11.3 Å². The molecule has 16 heavy (non-hydrogen) atoms. The first-order chi connectivity index (χ1) is 7.59. The summed E-state index contributed by atoms with van der Waals surface area (Å²) in [6.07, 6.45) is 1.50. The predicted octanol–water partition coefficient (Wildman–Crippen LogP) is 2.79. The number of rotatable bonds is 4. The van der Waals surface area contributed by atoms with Gasteiger partial charge in [0.15, 0.2) is 0 Å². The van der Waals surface area contributed by atoms with Gasteiger partial charge in [-0.25, -0.2) is 0 Å². The van der Waals surface area contributed by atoms with Crippen molar-refractivity contribution in [3.8, 4) is 0 Å². The van der Waals surface area contributed by atoms with Gasteiger partial charge in [-0.3, -0.25) is 0 Å². The molecule has 0 aliphatic carbocycles. The molecule has 90 valence electrons. The average Bonchev–Trinajstić information content (AvgIpc) is 2.85. The van der Waals surface area contributed by atoms with E-state index in [0.717, 1.165) is 19.6 Å². The molecule has 1 aliphatic heterocycles. The van der Waals surface area contributed by atoms with Crippen LogP contribution in [-0.4, -0.2) is 25.3 Å². The Morgan fingerprint density at radius 3 is 2.94 bits per heavy atom. The summed E-state index contributed by atoms with van der Waals surface area (Å²) in [6, 6.07) is 4.88. The van der Waals surface area contributed by atoms with Gasteiger partial charge in [-0.15, -0.1) is 11.3 Å². The van der Waals surface area contributed by atoms with Crippen LogP contribution in [0.5, 0.6) is 0 Å². The first-order valence-electron chi connectivity index (χ1n) is 5.98. The van der Waals surface area contributed by atoms with Crippen molar-refractivity contribution in [1.82, 2.24) is 5.32 Å². The maximum atomic E-state index is 5.56. The largest absolute Gasteiger partial charge is 0.377 e. The second-order valence-electron chi connectivity index (χ2n) is 5.21. The highest BCUT2D eigenvalue weighted by molar-refractivity contribution is 7.10. The smallest absolute Gasteiger partial charge is 0.0700 e. The normalized spacial score (nSPS) is 26.2. The molecule has 0 amide bonds. The van der Waals surface area contributed by atoms with E-state index in [0.29, 0.717) is 12.1 Å². The lowest BCUT2D eigenvalue weighted by Gasteiger charge is -2.27. The molecular formula is C13H21NOS. The summed E-state index contributed by atoms with van der Waals surface area (Å²) in [5.74, 6) is 0. The molecule has 2 unspecified atom stereocenters. The molecule has 2 heterocycles. The van der Waals surface area contributed by atoms with Crippen LogP contribution in [0.3, 0.4) is 0 Å². The molecule has 2 nitrogen and oxygen atoms in total. The minimum absolute atomic E-state index is 0.219. The Bertz CT molecular complexity index is 321. The van der Waals surface area contributed by atoms with Gasteiger partial charge in [0.2, 0.25) is 0 Å². The summed E-state index contributed by atoms with van der Waals surface area (Å²) < 4.78 is 5.56. The Morgan fingerprint density at radius 2 is 2.38 bits per heavy atom. The fraction of sp³-hybridized carbons (Fsp3) is 0.692. The quantitative estimate of drug-likeness (QED) is 0.872. The lowest BCUT2D eigenvalue weighted by Crippen LogP contribution is -2.41. The molecule has 0 bridgehead atoms. The summed E-state index contributed by atoms with van der Waals surface area (Å²) in [5, 5.41) is 5.79. The molecule has 1 N–H and O–H groups in total. The van der Waals surface area contributed by atoms with E-state index < -0.39 is 0 Å². The molecule has 2 rings (SSSR count). The van der Waals surface area contributed by atoms with E-state index in [9.17, 15) is 0 Å². The van der Waals surface area contributed by atoms with Crippen LogP contribution in [0.1, 0.15) is 32.1 Å². The summed E-state index contributed by atoms with van der Waals surface area (Å²) in [7, 11) is 0. The van der Waals surface area contributed by atoms with Crippen LogP contribution in [0.25, 0.3) is 0 Å². The molecule has 0 spiro atoms. The topological polar surface area (TPSA) is 21.3 Å². The van der Waals surface area contributed by atoms with Crippen molar-refractivity contribution < 1.29 is 4.74 Å². The third-order valence-electron chi connectivity index (χ3n) is 3.37. The molecule has 0 radical (unpaired) electrons. The zero-order chi connectivity index (χ0) is 11.6. The Morgan fingerprint density at radius 1 is 1.56 bits per heavy atom. The number of thiophene rings is 1. The van der Waals surface area contributed by atoms with Crippen LogP contribution in [0.15, 0.2) is 17.5 Å². The number of nitrogens with one attached hydrogen (secondary N) is 1. The molecule has 3 heteroatoms. The minimum Gasteiger partial charge on any atom is -0.377 e. The highest BCUT2D eigenvalue weighted by atomic mass is 32.1. The monoisotopic (exact) mass is 239 g/mol. The fourth-order valence-corrected chi connectivity index (χ4v) is 2.99. The number of hydrogen-bond acceptors (Lipinski definition) is 3. The van der Waals surface area contributed by atoms with E-state index >= 15 is 0 Å². The highest BCUT2D eigenvalue weighted by Crippen LogP contribution is 2.27. The molecule has 1 aromatic rings. The van der Waals surface area contributed by atoms with E-state index in [2.05, 4.69) is 43.6 Å². The lowest BCUT2D eigenvalue weighted by molar-refractivity contribution is 0.112. The first-order valence-corrected chi connectivity index (χ1v) is 6.86. The second-order valence-corrected chi connectivity index (χ2v) is 6.16. The minimum atomic E-state index is 0.219. The van der Waals surface area contributed by atoms with Gasteiger partial charge in [-0.2, -0.15) is 0 Å². The standard InChI is InChI=1S/C13H21NOS/c1-10-11(6-7-15-10)14-9-13(2,3)12-5-4-8-16-12/h4-5,8,10-11,14H,6-7,9H2,1-3H3. The Labute approximate surface area is 102 Å². The summed E-state index contributed by atoms with van der Waals surface area (Å²) >= 11 is 1.84. The van der Waals surface area contributed by atoms with E-state index in [1.807, 2.05) is 11.3 Å².